The van der Waals surface area contributed by atoms with Crippen LogP contribution in [0.25, 0.3) is 0 Å². The lowest BCUT2D eigenvalue weighted by Crippen LogP contribution is -2.31. The lowest BCUT2D eigenvalue weighted by molar-refractivity contribution is -0.117. The average molecular weight is 271 g/mol. The third-order valence-corrected chi connectivity index (χ3v) is 3.23. The summed E-state index contributed by atoms with van der Waals surface area (Å²) in [6.45, 7) is 4.50. The first-order valence-corrected chi connectivity index (χ1v) is 6.71. The first-order chi connectivity index (χ1) is 9.60. The Morgan fingerprint density at radius 2 is 1.65 bits per heavy atom. The van der Waals surface area contributed by atoms with Crippen molar-refractivity contribution in [1.82, 2.24) is 0 Å². The molecule has 0 atom stereocenters. The normalized spacial score (nSPS) is 10.3. The minimum absolute atomic E-state index is 0.0166. The Kier molecular flexibility index (Phi) is 4.51. The molecule has 0 saturated carbocycles. The third-order valence-electron chi connectivity index (χ3n) is 3.23. The summed E-state index contributed by atoms with van der Waals surface area (Å²) in [4.78, 5) is 14.0. The Bertz CT molecular complexity index is 575. The van der Waals surface area contributed by atoms with Gasteiger partial charge in [-0.25, -0.2) is 4.39 Å². The van der Waals surface area contributed by atoms with E-state index in [0.717, 1.165) is 11.3 Å². The van der Waals surface area contributed by atoms with Crippen LogP contribution >= 0.6 is 0 Å². The predicted octanol–water partition coefficient (Wildman–Crippen LogP) is 3.73. The number of rotatable bonds is 4. The van der Waals surface area contributed by atoms with Gasteiger partial charge in [0.05, 0.1) is 6.42 Å². The standard InChI is InChI=1S/C17H18FNO/c1-3-19(16-10-8-15(18)9-11-16)17(20)12-14-6-4-13(2)5-7-14/h4-11H,3,12H2,1-2H3. The minimum Gasteiger partial charge on any atom is -0.312 e. The van der Waals surface area contributed by atoms with Crippen molar-refractivity contribution < 1.29 is 9.18 Å². The van der Waals surface area contributed by atoms with Gasteiger partial charge in [-0.3, -0.25) is 4.79 Å². The highest BCUT2D eigenvalue weighted by Gasteiger charge is 2.14. The van der Waals surface area contributed by atoms with Gasteiger partial charge in [-0.1, -0.05) is 29.8 Å². The molecule has 2 rings (SSSR count). The highest BCUT2D eigenvalue weighted by molar-refractivity contribution is 5.94. The van der Waals surface area contributed by atoms with Crippen LogP contribution < -0.4 is 4.90 Å². The van der Waals surface area contributed by atoms with E-state index < -0.39 is 0 Å². The summed E-state index contributed by atoms with van der Waals surface area (Å²) in [5.41, 5.74) is 2.89. The van der Waals surface area contributed by atoms with Crippen LogP contribution in [0.3, 0.4) is 0 Å². The summed E-state index contributed by atoms with van der Waals surface area (Å²) in [6.07, 6.45) is 0.353. The van der Waals surface area contributed by atoms with Crippen molar-refractivity contribution in [2.45, 2.75) is 20.3 Å². The van der Waals surface area contributed by atoms with Crippen LogP contribution in [0.4, 0.5) is 10.1 Å². The largest absolute Gasteiger partial charge is 0.312 e. The molecule has 0 aliphatic rings. The second kappa shape index (κ2) is 6.33. The molecule has 0 spiro atoms. The van der Waals surface area contributed by atoms with Crippen LogP contribution in [0.5, 0.6) is 0 Å². The molecule has 2 aromatic carbocycles. The SMILES string of the molecule is CCN(C(=O)Cc1ccc(C)cc1)c1ccc(F)cc1. The second-order valence-electron chi connectivity index (χ2n) is 4.78. The summed E-state index contributed by atoms with van der Waals surface area (Å²) in [6, 6.07) is 13.9. The number of aryl methyl sites for hydroxylation is 1. The summed E-state index contributed by atoms with van der Waals surface area (Å²) in [7, 11) is 0. The third kappa shape index (κ3) is 3.44. The molecule has 3 heteroatoms. The Labute approximate surface area is 118 Å². The molecule has 0 bridgehead atoms. The highest BCUT2D eigenvalue weighted by Crippen LogP contribution is 2.16. The van der Waals surface area contributed by atoms with Gasteiger partial charge in [-0.15, -0.1) is 0 Å². The fourth-order valence-electron chi connectivity index (χ4n) is 2.10. The minimum atomic E-state index is -0.296. The van der Waals surface area contributed by atoms with Gasteiger partial charge in [0.1, 0.15) is 5.82 Å². The number of nitrogens with zero attached hydrogens (tertiary/aromatic N) is 1. The Morgan fingerprint density at radius 1 is 1.05 bits per heavy atom. The van der Waals surface area contributed by atoms with E-state index in [4.69, 9.17) is 0 Å². The fourth-order valence-corrected chi connectivity index (χ4v) is 2.10. The van der Waals surface area contributed by atoms with Crippen LogP contribution in [0.1, 0.15) is 18.1 Å². The Balaban J connectivity index is 2.13. The van der Waals surface area contributed by atoms with Gasteiger partial charge in [-0.05, 0) is 43.7 Å². The summed E-state index contributed by atoms with van der Waals surface area (Å²) >= 11 is 0. The number of hydrogen-bond donors (Lipinski definition) is 0. The number of carbonyl (C=O) groups is 1. The molecule has 20 heavy (non-hydrogen) atoms. The molecule has 0 N–H and O–H groups in total. The molecule has 0 aliphatic carbocycles. The molecule has 0 saturated heterocycles. The van der Waals surface area contributed by atoms with Crippen LogP contribution in [0.15, 0.2) is 48.5 Å². The maximum absolute atomic E-state index is 12.9. The number of amides is 1. The molecule has 1 amide bonds. The van der Waals surface area contributed by atoms with Gasteiger partial charge in [0, 0.05) is 12.2 Å². The topological polar surface area (TPSA) is 20.3 Å². The highest BCUT2D eigenvalue weighted by atomic mass is 19.1. The smallest absolute Gasteiger partial charge is 0.231 e. The Morgan fingerprint density at radius 3 is 2.20 bits per heavy atom. The van der Waals surface area contributed by atoms with Crippen LogP contribution in [0.2, 0.25) is 0 Å². The molecule has 2 aromatic rings. The zero-order valence-electron chi connectivity index (χ0n) is 11.8. The van der Waals surface area contributed by atoms with Crippen molar-refractivity contribution in [3.05, 3.63) is 65.5 Å². The zero-order valence-corrected chi connectivity index (χ0v) is 11.8. The monoisotopic (exact) mass is 271 g/mol. The Hall–Kier alpha value is -2.16. The summed E-state index contributed by atoms with van der Waals surface area (Å²) < 4.78 is 12.9. The summed E-state index contributed by atoms with van der Waals surface area (Å²) in [5.74, 6) is -0.279. The quantitative estimate of drug-likeness (QED) is 0.829. The number of halogens is 1. The van der Waals surface area contributed by atoms with E-state index in [-0.39, 0.29) is 11.7 Å². The van der Waals surface area contributed by atoms with Crippen molar-refractivity contribution in [3.8, 4) is 0 Å². The van der Waals surface area contributed by atoms with E-state index >= 15 is 0 Å². The van der Waals surface area contributed by atoms with Crippen LogP contribution in [-0.2, 0) is 11.2 Å². The van der Waals surface area contributed by atoms with E-state index in [0.29, 0.717) is 13.0 Å². The van der Waals surface area contributed by atoms with Crippen LogP contribution in [-0.4, -0.2) is 12.5 Å². The molecule has 104 valence electrons. The number of benzene rings is 2. The molecule has 0 radical (unpaired) electrons. The van der Waals surface area contributed by atoms with E-state index in [1.807, 2.05) is 38.1 Å². The predicted molar refractivity (Wildman–Crippen MR) is 79.3 cm³/mol. The molecular formula is C17H18FNO. The molecule has 2 nitrogen and oxygen atoms in total. The van der Waals surface area contributed by atoms with Gasteiger partial charge in [-0.2, -0.15) is 0 Å². The first kappa shape index (κ1) is 14.3. The van der Waals surface area contributed by atoms with Crippen molar-refractivity contribution in [2.24, 2.45) is 0 Å². The van der Waals surface area contributed by atoms with Gasteiger partial charge in [0.25, 0.3) is 0 Å². The van der Waals surface area contributed by atoms with Crippen molar-refractivity contribution in [1.29, 1.82) is 0 Å². The van der Waals surface area contributed by atoms with Gasteiger partial charge in [0.2, 0.25) is 5.91 Å². The number of carbonyl (C=O) groups excluding carboxylic acids is 1. The lowest BCUT2D eigenvalue weighted by atomic mass is 10.1. The maximum Gasteiger partial charge on any atom is 0.231 e. The molecular weight excluding hydrogens is 253 g/mol. The second-order valence-corrected chi connectivity index (χ2v) is 4.78. The average Bonchev–Trinajstić information content (AvgIpc) is 2.44. The van der Waals surface area contributed by atoms with E-state index in [9.17, 15) is 9.18 Å². The van der Waals surface area contributed by atoms with Gasteiger partial charge >= 0.3 is 0 Å². The van der Waals surface area contributed by atoms with Crippen molar-refractivity contribution >= 4 is 11.6 Å². The van der Waals surface area contributed by atoms with E-state index in [2.05, 4.69) is 0 Å². The molecule has 0 aromatic heterocycles. The van der Waals surface area contributed by atoms with Gasteiger partial charge < -0.3 is 4.90 Å². The number of likely N-dealkylation sites (N-methyl/N-ethyl adjacent to an activating group) is 1. The fraction of sp³-hybridized carbons (Fsp3) is 0.235. The molecule has 0 unspecified atom stereocenters. The maximum atomic E-state index is 12.9. The summed E-state index contributed by atoms with van der Waals surface area (Å²) in [5, 5.41) is 0. The molecule has 0 heterocycles. The van der Waals surface area contributed by atoms with Crippen molar-refractivity contribution in [3.63, 3.8) is 0 Å². The van der Waals surface area contributed by atoms with Crippen molar-refractivity contribution in [2.75, 3.05) is 11.4 Å². The number of hydrogen-bond acceptors (Lipinski definition) is 1. The van der Waals surface area contributed by atoms with Gasteiger partial charge in [0.15, 0.2) is 0 Å². The van der Waals surface area contributed by atoms with Crippen LogP contribution in [0, 0.1) is 12.7 Å². The number of anilines is 1. The molecule has 0 aliphatic heterocycles. The first-order valence-electron chi connectivity index (χ1n) is 6.71. The molecule has 0 fully saturated rings. The van der Waals surface area contributed by atoms with E-state index in [1.54, 1.807) is 17.0 Å². The zero-order chi connectivity index (χ0) is 14.5. The lowest BCUT2D eigenvalue weighted by Gasteiger charge is -2.21. The van der Waals surface area contributed by atoms with E-state index in [1.165, 1.54) is 17.7 Å².